The molecular weight excluding hydrogens is 683 g/mol. The van der Waals surface area contributed by atoms with Crippen LogP contribution in [0, 0.1) is 35.5 Å². The van der Waals surface area contributed by atoms with Gasteiger partial charge in [-0.25, -0.2) is 0 Å². The molecule has 8 bridgehead atoms. The Morgan fingerprint density at radius 1 is 0.491 bits per heavy atom. The van der Waals surface area contributed by atoms with Gasteiger partial charge in [0.15, 0.2) is 0 Å². The van der Waals surface area contributed by atoms with Crippen molar-refractivity contribution >= 4 is 48.6 Å². The van der Waals surface area contributed by atoms with Gasteiger partial charge < -0.3 is 4.90 Å². The van der Waals surface area contributed by atoms with Crippen LogP contribution in [0.15, 0.2) is 103 Å². The molecule has 55 heavy (non-hydrogen) atoms. The molecule has 15 rings (SSSR count). The number of hydrogen-bond acceptors (Lipinski definition) is 2. The molecule has 0 amide bonds. The van der Waals surface area contributed by atoms with Crippen molar-refractivity contribution in [3.05, 3.63) is 125 Å². The number of benzene rings is 5. The van der Waals surface area contributed by atoms with Gasteiger partial charge in [0.25, 0.3) is 0 Å². The van der Waals surface area contributed by atoms with Crippen LogP contribution in [0.3, 0.4) is 0 Å². The van der Waals surface area contributed by atoms with Crippen molar-refractivity contribution in [3.8, 4) is 11.1 Å². The first-order valence-corrected chi connectivity index (χ1v) is 22.7. The molecule has 6 aromatic rings. The lowest BCUT2D eigenvalue weighted by atomic mass is 9.48. The summed E-state index contributed by atoms with van der Waals surface area (Å²) in [5.74, 6) is 5.76. The third-order valence-corrected chi connectivity index (χ3v) is 18.2. The van der Waals surface area contributed by atoms with Crippen molar-refractivity contribution in [2.75, 3.05) is 4.90 Å². The lowest BCUT2D eigenvalue weighted by molar-refractivity contribution is -0.00529. The van der Waals surface area contributed by atoms with Crippen molar-refractivity contribution in [3.63, 3.8) is 0 Å². The predicted molar refractivity (Wildman–Crippen MR) is 231 cm³/mol. The topological polar surface area (TPSA) is 3.24 Å². The smallest absolute Gasteiger partial charge is 0.0465 e. The zero-order valence-electron chi connectivity index (χ0n) is 32.6. The third kappa shape index (κ3) is 4.58. The molecule has 0 N–H and O–H groups in total. The van der Waals surface area contributed by atoms with E-state index in [-0.39, 0.29) is 5.41 Å². The molecule has 9 aliphatic carbocycles. The fraction of sp³-hybridized carbons (Fsp3) is 0.434. The summed E-state index contributed by atoms with van der Waals surface area (Å²) >= 11 is 1.97. The first kappa shape index (κ1) is 32.2. The Bertz CT molecular complexity index is 2370. The van der Waals surface area contributed by atoms with E-state index in [1.54, 1.807) is 11.1 Å². The van der Waals surface area contributed by atoms with Gasteiger partial charge in [-0.15, -0.1) is 11.3 Å². The maximum atomic E-state index is 2.58. The van der Waals surface area contributed by atoms with Crippen LogP contribution in [0.1, 0.15) is 113 Å². The Balaban J connectivity index is 0.925. The monoisotopic (exact) mass is 735 g/mol. The Morgan fingerprint density at radius 3 is 1.51 bits per heavy atom. The van der Waals surface area contributed by atoms with Gasteiger partial charge >= 0.3 is 0 Å². The summed E-state index contributed by atoms with van der Waals surface area (Å²) in [5.41, 5.74) is 13.6. The van der Waals surface area contributed by atoms with E-state index in [1.807, 2.05) is 11.3 Å². The van der Waals surface area contributed by atoms with E-state index in [4.69, 9.17) is 0 Å². The minimum Gasteiger partial charge on any atom is -0.310 e. The molecule has 8 saturated carbocycles. The molecule has 0 atom stereocenters. The normalized spacial score (nSPS) is 33.1. The van der Waals surface area contributed by atoms with Crippen molar-refractivity contribution in [1.82, 2.24) is 0 Å². The van der Waals surface area contributed by atoms with Gasteiger partial charge in [-0.3, -0.25) is 0 Å². The standard InChI is InChI=1S/C53H53NS/c1-51(2)46-18-17-44-43-5-3-4-6-48(43)55-50(44)49(46)45-16-15-42(25-47(45)51)54(40-11-7-38(8-12-40)52-26-32-19-33(27-52)21-34(20-32)28-52)41-13-9-39(10-14-41)53-29-35-22-36(30-53)24-37(23-35)31-53/h3-18,25,32-37H,19-24,26-31H2,1-2H3. The van der Waals surface area contributed by atoms with E-state index in [1.165, 1.54) is 137 Å². The summed E-state index contributed by atoms with van der Waals surface area (Å²) in [7, 11) is 0. The Labute approximate surface area is 331 Å². The summed E-state index contributed by atoms with van der Waals surface area (Å²) in [6.45, 7) is 4.90. The fourth-order valence-corrected chi connectivity index (χ4v) is 16.7. The van der Waals surface area contributed by atoms with Crippen LogP contribution in [0.5, 0.6) is 0 Å². The van der Waals surface area contributed by atoms with E-state index in [0.29, 0.717) is 10.8 Å². The highest BCUT2D eigenvalue weighted by Gasteiger charge is 2.53. The number of fused-ring (bicyclic) bond motifs is 7. The number of rotatable bonds is 5. The fourth-order valence-electron chi connectivity index (χ4n) is 15.4. The Kier molecular flexibility index (Phi) is 6.54. The highest BCUT2D eigenvalue weighted by Crippen LogP contribution is 2.63. The summed E-state index contributed by atoms with van der Waals surface area (Å²) in [6, 6.07) is 41.3. The van der Waals surface area contributed by atoms with E-state index in [0.717, 1.165) is 35.5 Å². The maximum Gasteiger partial charge on any atom is 0.0465 e. The molecule has 0 spiro atoms. The van der Waals surface area contributed by atoms with Gasteiger partial charge in [0.2, 0.25) is 0 Å². The number of nitrogens with zero attached hydrogens (tertiary/aromatic N) is 1. The lowest BCUT2D eigenvalue weighted by Gasteiger charge is -2.57. The van der Waals surface area contributed by atoms with Crippen LogP contribution in [-0.2, 0) is 16.2 Å². The van der Waals surface area contributed by atoms with Gasteiger partial charge in [0.1, 0.15) is 0 Å². The van der Waals surface area contributed by atoms with Crippen molar-refractivity contribution < 1.29 is 0 Å². The largest absolute Gasteiger partial charge is 0.310 e. The molecule has 0 saturated heterocycles. The molecule has 9 aliphatic rings. The van der Waals surface area contributed by atoms with E-state index in [2.05, 4.69) is 122 Å². The third-order valence-electron chi connectivity index (χ3n) is 17.0. The van der Waals surface area contributed by atoms with Gasteiger partial charge in [0.05, 0.1) is 0 Å². The summed E-state index contributed by atoms with van der Waals surface area (Å²) in [6.07, 6.45) is 17.5. The first-order valence-electron chi connectivity index (χ1n) is 21.9. The van der Waals surface area contributed by atoms with E-state index in [9.17, 15) is 0 Å². The summed E-state index contributed by atoms with van der Waals surface area (Å²) in [5, 5.41) is 2.78. The molecule has 1 heterocycles. The average Bonchev–Trinajstić information content (AvgIpc) is 3.66. The van der Waals surface area contributed by atoms with Gasteiger partial charge in [0, 0.05) is 48.2 Å². The zero-order chi connectivity index (χ0) is 36.3. The van der Waals surface area contributed by atoms with Crippen LogP contribution in [0.4, 0.5) is 17.1 Å². The molecule has 8 fully saturated rings. The average molecular weight is 736 g/mol. The van der Waals surface area contributed by atoms with Crippen LogP contribution >= 0.6 is 11.3 Å². The molecule has 2 heteroatoms. The summed E-state index contributed by atoms with van der Waals surface area (Å²) < 4.78 is 2.82. The maximum absolute atomic E-state index is 2.58. The van der Waals surface area contributed by atoms with Crippen LogP contribution in [0.2, 0.25) is 0 Å². The first-order chi connectivity index (χ1) is 26.8. The van der Waals surface area contributed by atoms with Crippen molar-refractivity contribution in [2.45, 2.75) is 107 Å². The van der Waals surface area contributed by atoms with Crippen LogP contribution < -0.4 is 4.90 Å². The molecule has 0 radical (unpaired) electrons. The van der Waals surface area contributed by atoms with E-state index < -0.39 is 0 Å². The zero-order valence-corrected chi connectivity index (χ0v) is 33.4. The molecule has 1 nitrogen and oxygen atoms in total. The molecule has 5 aromatic carbocycles. The van der Waals surface area contributed by atoms with Gasteiger partial charge in [-0.2, -0.15) is 0 Å². The highest BCUT2D eigenvalue weighted by molar-refractivity contribution is 7.26. The molecular formula is C53H53NS. The van der Waals surface area contributed by atoms with Crippen LogP contribution in [-0.4, -0.2) is 0 Å². The number of anilines is 3. The number of hydrogen-bond donors (Lipinski definition) is 0. The lowest BCUT2D eigenvalue weighted by Crippen LogP contribution is -2.48. The molecule has 0 aliphatic heterocycles. The second-order valence-corrected chi connectivity index (χ2v) is 21.7. The Morgan fingerprint density at radius 2 is 0.982 bits per heavy atom. The molecule has 1 aromatic heterocycles. The highest BCUT2D eigenvalue weighted by atomic mass is 32.1. The minimum atomic E-state index is -0.0819. The quantitative estimate of drug-likeness (QED) is 0.170. The van der Waals surface area contributed by atoms with Crippen molar-refractivity contribution in [2.24, 2.45) is 35.5 Å². The van der Waals surface area contributed by atoms with Gasteiger partial charge in [-0.1, -0.05) is 74.5 Å². The Hall–Kier alpha value is -3.88. The molecule has 0 unspecified atom stereocenters. The van der Waals surface area contributed by atoms with Crippen LogP contribution in [0.25, 0.3) is 31.3 Å². The van der Waals surface area contributed by atoms with E-state index >= 15 is 0 Å². The summed E-state index contributed by atoms with van der Waals surface area (Å²) in [4.78, 5) is 2.58. The predicted octanol–water partition coefficient (Wildman–Crippen LogP) is 14.8. The number of thiophene rings is 1. The molecule has 276 valence electrons. The minimum absolute atomic E-state index is 0.0819. The second kappa shape index (κ2) is 11.2. The van der Waals surface area contributed by atoms with Crippen molar-refractivity contribution in [1.29, 1.82) is 0 Å². The second-order valence-electron chi connectivity index (χ2n) is 20.6. The van der Waals surface area contributed by atoms with Gasteiger partial charge in [-0.05, 0) is 194 Å². The SMILES string of the molecule is CC1(C)c2cc(N(c3ccc(C45CC6CC(CC(C6)C4)C5)cc3)c3ccc(C45CC6CC(CC(C6)C4)C5)cc3)ccc2-c2c1ccc1c2sc2ccccc21.